The van der Waals surface area contributed by atoms with Crippen LogP contribution in [0.25, 0.3) is 0 Å². The van der Waals surface area contributed by atoms with Gasteiger partial charge in [0.25, 0.3) is 5.69 Å². The maximum absolute atomic E-state index is 11.1. The van der Waals surface area contributed by atoms with Crippen molar-refractivity contribution < 1.29 is 14.4 Å². The Hall–Kier alpha value is -1.30. The lowest BCUT2D eigenvalue weighted by Crippen LogP contribution is -2.16. The number of benzene rings is 1. The predicted octanol–water partition coefficient (Wildman–Crippen LogP) is 3.08. The summed E-state index contributed by atoms with van der Waals surface area (Å²) in [5, 5.41) is 11.1. The van der Waals surface area contributed by atoms with E-state index in [2.05, 4.69) is 15.9 Å². The van der Waals surface area contributed by atoms with Crippen LogP contribution in [0.5, 0.6) is 11.5 Å². The Morgan fingerprint density at radius 3 is 2.56 bits per heavy atom. The lowest BCUT2D eigenvalue weighted by atomic mass is 10.1. The third-order valence-corrected chi connectivity index (χ3v) is 3.80. The van der Waals surface area contributed by atoms with Gasteiger partial charge in [-0.1, -0.05) is 22.9 Å². The van der Waals surface area contributed by atoms with Crippen LogP contribution in [0, 0.1) is 10.1 Å². The zero-order valence-corrected chi connectivity index (χ0v) is 11.6. The van der Waals surface area contributed by atoms with Crippen LogP contribution in [0.15, 0.2) is 12.1 Å². The molecule has 0 saturated heterocycles. The van der Waals surface area contributed by atoms with E-state index in [1.807, 2.05) is 6.92 Å². The number of halogens is 1. The normalized spacial score (nSPS) is 15.2. The molecule has 6 heteroatoms. The molecule has 0 N–H and O–H groups in total. The van der Waals surface area contributed by atoms with Gasteiger partial charge in [-0.25, -0.2) is 0 Å². The average Bonchev–Trinajstić information content (AvgIpc) is 2.37. The molecule has 0 saturated carbocycles. The van der Waals surface area contributed by atoms with Crippen LogP contribution in [-0.2, 0) is 6.42 Å². The molecule has 0 spiro atoms. The number of nitro benzene ring substituents is 1. The van der Waals surface area contributed by atoms with Gasteiger partial charge in [0.15, 0.2) is 11.5 Å². The van der Waals surface area contributed by atoms with E-state index in [0.717, 1.165) is 6.42 Å². The molecule has 1 aromatic carbocycles. The van der Waals surface area contributed by atoms with Gasteiger partial charge in [-0.3, -0.25) is 10.1 Å². The number of hydrogen-bond acceptors (Lipinski definition) is 4. The van der Waals surface area contributed by atoms with Gasteiger partial charge in [0.1, 0.15) is 13.2 Å². The Balaban J connectivity index is 2.39. The summed E-state index contributed by atoms with van der Waals surface area (Å²) < 4.78 is 10.8. The predicted molar refractivity (Wildman–Crippen MR) is 70.8 cm³/mol. The smallest absolute Gasteiger partial charge is 0.276 e. The number of ether oxygens (including phenoxy) is 2. The van der Waals surface area contributed by atoms with Crippen molar-refractivity contribution in [2.24, 2.45) is 0 Å². The summed E-state index contributed by atoms with van der Waals surface area (Å²) in [4.78, 5) is 10.9. The van der Waals surface area contributed by atoms with E-state index in [-0.39, 0.29) is 15.4 Å². The van der Waals surface area contributed by atoms with Crippen molar-refractivity contribution in [1.29, 1.82) is 0 Å². The molecule has 0 fully saturated rings. The second-order valence-electron chi connectivity index (χ2n) is 4.09. The van der Waals surface area contributed by atoms with Crippen molar-refractivity contribution >= 4 is 21.6 Å². The van der Waals surface area contributed by atoms with Gasteiger partial charge in [0.2, 0.25) is 0 Å². The van der Waals surface area contributed by atoms with Crippen molar-refractivity contribution in [2.75, 3.05) is 13.2 Å². The van der Waals surface area contributed by atoms with E-state index in [4.69, 9.17) is 9.47 Å². The van der Waals surface area contributed by atoms with Crippen LogP contribution < -0.4 is 9.47 Å². The van der Waals surface area contributed by atoms with Gasteiger partial charge in [0.05, 0.1) is 11.0 Å². The highest BCUT2D eigenvalue weighted by Gasteiger charge is 2.23. The molecule has 0 radical (unpaired) electrons. The molecule has 1 heterocycles. The molecule has 1 unspecified atom stereocenters. The first-order valence-corrected chi connectivity index (χ1v) is 6.74. The van der Waals surface area contributed by atoms with E-state index in [1.165, 1.54) is 6.07 Å². The summed E-state index contributed by atoms with van der Waals surface area (Å²) >= 11 is 3.50. The number of nitro groups is 1. The summed E-state index contributed by atoms with van der Waals surface area (Å²) in [7, 11) is 0. The number of nitrogens with zero attached hydrogens (tertiary/aromatic N) is 1. The second kappa shape index (κ2) is 5.56. The van der Waals surface area contributed by atoms with Crippen LogP contribution in [0.3, 0.4) is 0 Å². The van der Waals surface area contributed by atoms with Crippen molar-refractivity contribution in [3.05, 3.63) is 27.8 Å². The molecule has 1 aromatic rings. The molecule has 0 aromatic heterocycles. The average molecular weight is 316 g/mol. The van der Waals surface area contributed by atoms with Crippen molar-refractivity contribution in [3.8, 4) is 11.5 Å². The molecule has 1 atom stereocenters. The fraction of sp³-hybridized carbons (Fsp3) is 0.500. The van der Waals surface area contributed by atoms with Crippen LogP contribution >= 0.6 is 15.9 Å². The summed E-state index contributed by atoms with van der Waals surface area (Å²) in [5.41, 5.74) is 0.769. The maximum Gasteiger partial charge on any atom is 0.276 e. The van der Waals surface area contributed by atoms with Gasteiger partial charge in [-0.05, 0) is 18.9 Å². The minimum absolute atomic E-state index is 0.0946. The number of hydrogen-bond donors (Lipinski definition) is 0. The molecule has 0 amide bonds. The van der Waals surface area contributed by atoms with Crippen molar-refractivity contribution in [3.63, 3.8) is 0 Å². The van der Waals surface area contributed by atoms with E-state index in [9.17, 15) is 10.1 Å². The maximum atomic E-state index is 11.1. The summed E-state index contributed by atoms with van der Waals surface area (Å²) in [6.45, 7) is 2.94. The van der Waals surface area contributed by atoms with Gasteiger partial charge >= 0.3 is 0 Å². The highest BCUT2D eigenvalue weighted by molar-refractivity contribution is 9.09. The highest BCUT2D eigenvalue weighted by atomic mass is 79.9. The first-order valence-electron chi connectivity index (χ1n) is 5.82. The molecule has 0 bridgehead atoms. The summed E-state index contributed by atoms with van der Waals surface area (Å²) in [5.74, 6) is 1.05. The van der Waals surface area contributed by atoms with E-state index < -0.39 is 0 Å². The molecular weight excluding hydrogens is 302 g/mol. The molecule has 1 aliphatic heterocycles. The van der Waals surface area contributed by atoms with Gasteiger partial charge < -0.3 is 9.47 Å². The van der Waals surface area contributed by atoms with Gasteiger partial charge in [-0.2, -0.15) is 0 Å². The summed E-state index contributed by atoms with van der Waals surface area (Å²) in [6, 6.07) is 3.18. The zero-order chi connectivity index (χ0) is 13.1. The Bertz CT molecular complexity index is 464. The SMILES string of the molecule is CCC(Br)Cc1cc2c(cc1[N+](=O)[O-])OCCO2. The van der Waals surface area contributed by atoms with E-state index in [0.29, 0.717) is 36.7 Å². The quantitative estimate of drug-likeness (QED) is 0.486. The van der Waals surface area contributed by atoms with Crippen LogP contribution in [0.1, 0.15) is 18.9 Å². The topological polar surface area (TPSA) is 61.6 Å². The summed E-state index contributed by atoms with van der Waals surface area (Å²) in [6.07, 6.45) is 1.51. The Kier molecular flexibility index (Phi) is 4.06. The fourth-order valence-electron chi connectivity index (χ4n) is 1.84. The molecule has 2 rings (SSSR count). The number of rotatable bonds is 4. The third kappa shape index (κ3) is 2.75. The Morgan fingerprint density at radius 1 is 1.39 bits per heavy atom. The lowest BCUT2D eigenvalue weighted by Gasteiger charge is -2.19. The molecule has 0 aliphatic carbocycles. The van der Waals surface area contributed by atoms with Crippen molar-refractivity contribution in [2.45, 2.75) is 24.6 Å². The van der Waals surface area contributed by atoms with Crippen LogP contribution in [0.4, 0.5) is 5.69 Å². The number of alkyl halides is 1. The fourth-order valence-corrected chi connectivity index (χ4v) is 2.19. The standard InChI is InChI=1S/C12H14BrNO4/c1-2-9(13)5-8-6-11-12(18-4-3-17-11)7-10(8)14(15)16/h6-7,9H,2-5H2,1H3. The Morgan fingerprint density at radius 2 is 2.00 bits per heavy atom. The molecular formula is C12H14BrNO4. The van der Waals surface area contributed by atoms with E-state index in [1.54, 1.807) is 6.07 Å². The van der Waals surface area contributed by atoms with Gasteiger partial charge in [-0.15, -0.1) is 0 Å². The Labute approximate surface area is 113 Å². The third-order valence-electron chi connectivity index (χ3n) is 2.82. The largest absolute Gasteiger partial charge is 0.486 e. The zero-order valence-electron chi connectivity index (χ0n) is 10.0. The molecule has 18 heavy (non-hydrogen) atoms. The first-order chi connectivity index (χ1) is 8.61. The van der Waals surface area contributed by atoms with Crippen LogP contribution in [-0.4, -0.2) is 23.0 Å². The second-order valence-corrected chi connectivity index (χ2v) is 5.39. The molecule has 98 valence electrons. The van der Waals surface area contributed by atoms with Crippen molar-refractivity contribution in [1.82, 2.24) is 0 Å². The monoisotopic (exact) mass is 315 g/mol. The van der Waals surface area contributed by atoms with Crippen LogP contribution in [0.2, 0.25) is 0 Å². The minimum Gasteiger partial charge on any atom is -0.486 e. The van der Waals surface area contributed by atoms with E-state index >= 15 is 0 Å². The highest BCUT2D eigenvalue weighted by Crippen LogP contribution is 2.37. The number of fused-ring (bicyclic) bond motifs is 1. The molecule has 5 nitrogen and oxygen atoms in total. The first kappa shape index (κ1) is 13.1. The lowest BCUT2D eigenvalue weighted by molar-refractivity contribution is -0.385. The van der Waals surface area contributed by atoms with Gasteiger partial charge in [0, 0.05) is 10.4 Å². The minimum atomic E-state index is -0.372. The molecule has 1 aliphatic rings.